The summed E-state index contributed by atoms with van der Waals surface area (Å²) in [5.41, 5.74) is 1.18. The molecule has 0 saturated carbocycles. The number of carbonyl (C=O) groups excluding carboxylic acids is 3. The molecule has 0 fully saturated rings. The third-order valence-corrected chi connectivity index (χ3v) is 5.13. The number of rotatable bonds is 10. The first-order chi connectivity index (χ1) is 14.2. The van der Waals surface area contributed by atoms with E-state index >= 15 is 0 Å². The lowest BCUT2D eigenvalue weighted by atomic mass is 10.1. The van der Waals surface area contributed by atoms with Gasteiger partial charge in [-0.15, -0.1) is 11.3 Å². The Bertz CT molecular complexity index is 875. The molecule has 1 atom stereocenters. The number of Topliss-reactive ketones (excluding diaryl/α,β-unsaturated/α-hetero) is 1. The van der Waals surface area contributed by atoms with E-state index in [1.165, 1.54) is 18.3 Å². The summed E-state index contributed by atoms with van der Waals surface area (Å²) in [4.78, 5) is 40.9. The van der Waals surface area contributed by atoms with Gasteiger partial charge in [-0.1, -0.05) is 27.7 Å². The van der Waals surface area contributed by atoms with Gasteiger partial charge in [0.15, 0.2) is 16.9 Å². The maximum Gasteiger partial charge on any atom is 0.358 e. The molecule has 2 aromatic rings. The molecule has 0 aliphatic rings. The van der Waals surface area contributed by atoms with Crippen molar-refractivity contribution < 1.29 is 19.1 Å². The van der Waals surface area contributed by atoms with Gasteiger partial charge in [-0.2, -0.15) is 0 Å². The average molecular weight is 432 g/mol. The third kappa shape index (κ3) is 6.95. The molecule has 1 amide bonds. The molecular weight excluding hydrogens is 402 g/mol. The van der Waals surface area contributed by atoms with E-state index < -0.39 is 12.1 Å². The third-order valence-electron chi connectivity index (χ3n) is 4.33. The van der Waals surface area contributed by atoms with Crippen molar-refractivity contribution >= 4 is 39.8 Å². The number of esters is 1. The van der Waals surface area contributed by atoms with Gasteiger partial charge >= 0.3 is 5.97 Å². The summed E-state index contributed by atoms with van der Waals surface area (Å²) < 4.78 is 5.29. The maximum absolute atomic E-state index is 12.6. The van der Waals surface area contributed by atoms with E-state index in [-0.39, 0.29) is 23.3 Å². The number of thiazole rings is 1. The van der Waals surface area contributed by atoms with Crippen LogP contribution in [0.1, 0.15) is 61.9 Å². The fraction of sp³-hybridized carbons (Fsp3) is 0.455. The highest BCUT2D eigenvalue weighted by atomic mass is 32.1. The van der Waals surface area contributed by atoms with Crippen molar-refractivity contribution in [2.24, 2.45) is 11.8 Å². The lowest BCUT2D eigenvalue weighted by Gasteiger charge is -2.12. The van der Waals surface area contributed by atoms with Crippen LogP contribution in [-0.2, 0) is 9.53 Å². The lowest BCUT2D eigenvalue weighted by molar-refractivity contribution is -0.118. The fourth-order valence-electron chi connectivity index (χ4n) is 2.43. The molecule has 2 N–H and O–H groups in total. The molecule has 0 aliphatic heterocycles. The van der Waals surface area contributed by atoms with Gasteiger partial charge in [-0.25, -0.2) is 9.78 Å². The lowest BCUT2D eigenvalue weighted by Crippen LogP contribution is -2.24. The Morgan fingerprint density at radius 1 is 1.07 bits per heavy atom. The van der Waals surface area contributed by atoms with Crippen LogP contribution in [0.15, 0.2) is 29.6 Å². The summed E-state index contributed by atoms with van der Waals surface area (Å²) in [5, 5.41) is 8.21. The zero-order valence-corrected chi connectivity index (χ0v) is 18.8. The number of aromatic nitrogens is 1. The van der Waals surface area contributed by atoms with Crippen molar-refractivity contribution in [1.29, 1.82) is 0 Å². The highest BCUT2D eigenvalue weighted by molar-refractivity contribution is 7.13. The summed E-state index contributed by atoms with van der Waals surface area (Å²) in [6.07, 6.45) is 0.0536. The normalized spacial score (nSPS) is 12.0. The summed E-state index contributed by atoms with van der Waals surface area (Å²) in [7, 11) is 0. The van der Waals surface area contributed by atoms with Gasteiger partial charge in [0, 0.05) is 29.1 Å². The molecule has 1 heterocycles. The second-order valence-electron chi connectivity index (χ2n) is 7.78. The van der Waals surface area contributed by atoms with Gasteiger partial charge < -0.3 is 15.4 Å². The maximum atomic E-state index is 12.6. The van der Waals surface area contributed by atoms with Gasteiger partial charge in [-0.3, -0.25) is 9.59 Å². The number of benzene rings is 1. The smallest absolute Gasteiger partial charge is 0.358 e. The Morgan fingerprint density at radius 3 is 2.33 bits per heavy atom. The highest BCUT2D eigenvalue weighted by Gasteiger charge is 2.22. The van der Waals surface area contributed by atoms with Gasteiger partial charge in [0.05, 0.1) is 0 Å². The molecule has 0 saturated heterocycles. The first-order valence-corrected chi connectivity index (χ1v) is 10.9. The van der Waals surface area contributed by atoms with Gasteiger partial charge in [0.1, 0.15) is 0 Å². The van der Waals surface area contributed by atoms with Crippen LogP contribution in [-0.4, -0.2) is 35.3 Å². The number of ether oxygens (including phenoxy) is 1. The van der Waals surface area contributed by atoms with Crippen molar-refractivity contribution in [2.75, 3.05) is 17.2 Å². The Hall–Kier alpha value is -2.74. The molecule has 1 aromatic carbocycles. The minimum Gasteiger partial charge on any atom is -0.450 e. The van der Waals surface area contributed by atoms with Crippen LogP contribution in [0.25, 0.3) is 0 Å². The molecule has 0 aliphatic carbocycles. The van der Waals surface area contributed by atoms with Crippen molar-refractivity contribution in [3.63, 3.8) is 0 Å². The molecule has 8 heteroatoms. The largest absolute Gasteiger partial charge is 0.450 e. The quantitative estimate of drug-likeness (QED) is 0.421. The van der Waals surface area contributed by atoms with Gasteiger partial charge in [0.25, 0.3) is 0 Å². The number of carbonyl (C=O) groups is 3. The van der Waals surface area contributed by atoms with E-state index in [9.17, 15) is 14.4 Å². The minimum atomic E-state index is -0.951. The number of amides is 1. The van der Waals surface area contributed by atoms with E-state index in [0.717, 1.165) is 13.0 Å². The average Bonchev–Trinajstić information content (AvgIpc) is 3.16. The van der Waals surface area contributed by atoms with E-state index in [1.807, 2.05) is 0 Å². The zero-order valence-electron chi connectivity index (χ0n) is 18.0. The SMILES string of the molecule is CC(C)CCNc1nc(C(=O)O[C@H](C)C(=O)c2ccc(NC(=O)C(C)C)cc2)cs1. The molecule has 0 unspecified atom stereocenters. The van der Waals surface area contributed by atoms with Crippen molar-refractivity contribution in [1.82, 2.24) is 4.98 Å². The van der Waals surface area contributed by atoms with E-state index in [2.05, 4.69) is 29.5 Å². The Kier molecular flexibility index (Phi) is 8.53. The van der Waals surface area contributed by atoms with E-state index in [1.54, 1.807) is 43.5 Å². The Labute approximate surface area is 181 Å². The molecule has 162 valence electrons. The predicted octanol–water partition coefficient (Wildman–Crippen LogP) is 4.62. The number of nitrogens with zero attached hydrogens (tertiary/aromatic N) is 1. The van der Waals surface area contributed by atoms with Crippen LogP contribution in [0.3, 0.4) is 0 Å². The Morgan fingerprint density at radius 2 is 1.73 bits per heavy atom. The Balaban J connectivity index is 1.91. The van der Waals surface area contributed by atoms with E-state index in [0.29, 0.717) is 22.3 Å². The van der Waals surface area contributed by atoms with Crippen LogP contribution < -0.4 is 10.6 Å². The second kappa shape index (κ2) is 10.9. The first-order valence-electron chi connectivity index (χ1n) is 10.0. The minimum absolute atomic E-state index is 0.0993. The number of hydrogen-bond donors (Lipinski definition) is 2. The highest BCUT2D eigenvalue weighted by Crippen LogP contribution is 2.18. The van der Waals surface area contributed by atoms with Crippen molar-refractivity contribution in [3.8, 4) is 0 Å². The first kappa shape index (κ1) is 23.5. The van der Waals surface area contributed by atoms with Crippen LogP contribution in [0.2, 0.25) is 0 Å². The summed E-state index contributed by atoms with van der Waals surface area (Å²) in [6, 6.07) is 6.50. The summed E-state index contributed by atoms with van der Waals surface area (Å²) in [6.45, 7) is 10.2. The predicted molar refractivity (Wildman–Crippen MR) is 119 cm³/mol. The number of anilines is 2. The number of ketones is 1. The molecule has 30 heavy (non-hydrogen) atoms. The molecule has 2 rings (SSSR count). The van der Waals surface area contributed by atoms with Gasteiger partial charge in [-0.05, 0) is 43.5 Å². The van der Waals surface area contributed by atoms with Crippen molar-refractivity contribution in [3.05, 3.63) is 40.9 Å². The second-order valence-corrected chi connectivity index (χ2v) is 8.64. The molecule has 7 nitrogen and oxygen atoms in total. The van der Waals surface area contributed by atoms with Crippen LogP contribution in [0.4, 0.5) is 10.8 Å². The standard InChI is InChI=1S/C22H29N3O4S/c1-13(2)10-11-23-22-25-18(12-30-22)21(28)29-15(5)19(26)16-6-8-17(9-7-16)24-20(27)14(3)4/h6-9,12-15H,10-11H2,1-5H3,(H,23,25)(H,24,27)/t15-/m1/s1. The molecule has 0 spiro atoms. The van der Waals surface area contributed by atoms with Crippen molar-refractivity contribution in [2.45, 2.75) is 47.1 Å². The monoisotopic (exact) mass is 431 g/mol. The molecular formula is C22H29N3O4S. The van der Waals surface area contributed by atoms with Gasteiger partial charge in [0.2, 0.25) is 11.7 Å². The van der Waals surface area contributed by atoms with E-state index in [4.69, 9.17) is 4.74 Å². The molecule has 0 radical (unpaired) electrons. The summed E-state index contributed by atoms with van der Waals surface area (Å²) in [5.74, 6) is -0.616. The molecule has 1 aromatic heterocycles. The topological polar surface area (TPSA) is 97.4 Å². The molecule has 0 bridgehead atoms. The zero-order chi connectivity index (χ0) is 22.3. The van der Waals surface area contributed by atoms with Crippen LogP contribution in [0, 0.1) is 11.8 Å². The van der Waals surface area contributed by atoms with Crippen LogP contribution in [0.5, 0.6) is 0 Å². The number of hydrogen-bond acceptors (Lipinski definition) is 7. The summed E-state index contributed by atoms with van der Waals surface area (Å²) >= 11 is 1.33. The van der Waals surface area contributed by atoms with Crippen LogP contribution >= 0.6 is 11.3 Å². The number of nitrogens with one attached hydrogen (secondary N) is 2. The fourth-order valence-corrected chi connectivity index (χ4v) is 3.14.